The number of hydrogen-bond donors (Lipinski definition) is 3. The van der Waals surface area contributed by atoms with Crippen molar-refractivity contribution in [3.05, 3.63) is 0 Å². The zero-order valence-electron chi connectivity index (χ0n) is 8.89. The van der Waals surface area contributed by atoms with E-state index in [4.69, 9.17) is 5.11 Å². The molecule has 0 aliphatic carbocycles. The van der Waals surface area contributed by atoms with E-state index >= 15 is 0 Å². The molecule has 5 heteroatoms. The second kappa shape index (κ2) is 5.59. The molecule has 0 fully saturated rings. The second-order valence-corrected chi connectivity index (χ2v) is 3.81. The number of aliphatic carboxylic acids is 1. The van der Waals surface area contributed by atoms with Gasteiger partial charge in [0.2, 0.25) is 5.91 Å². The lowest BCUT2D eigenvalue weighted by Gasteiger charge is -2.22. The van der Waals surface area contributed by atoms with Crippen LogP contribution in [0.15, 0.2) is 0 Å². The Kier molecular flexibility index (Phi) is 5.15. The van der Waals surface area contributed by atoms with Crippen LogP contribution in [0.25, 0.3) is 0 Å². The molecule has 14 heavy (non-hydrogen) atoms. The van der Waals surface area contributed by atoms with Crippen molar-refractivity contribution in [1.29, 1.82) is 0 Å². The summed E-state index contributed by atoms with van der Waals surface area (Å²) in [5.41, 5.74) is -0.507. The average Bonchev–Trinajstić information content (AvgIpc) is 2.03. The van der Waals surface area contributed by atoms with E-state index in [-0.39, 0.29) is 18.9 Å². The molecule has 0 spiro atoms. The first-order valence-corrected chi connectivity index (χ1v) is 4.55. The summed E-state index contributed by atoms with van der Waals surface area (Å²) in [6.07, 6.45) is -0.0403. The Morgan fingerprint density at radius 1 is 1.36 bits per heavy atom. The van der Waals surface area contributed by atoms with E-state index < -0.39 is 11.4 Å². The van der Waals surface area contributed by atoms with E-state index in [0.717, 1.165) is 0 Å². The predicted molar refractivity (Wildman–Crippen MR) is 53.0 cm³/mol. The van der Waals surface area contributed by atoms with E-state index in [1.165, 1.54) is 0 Å². The summed E-state index contributed by atoms with van der Waals surface area (Å²) >= 11 is 0. The monoisotopic (exact) mass is 202 g/mol. The average molecular weight is 202 g/mol. The van der Waals surface area contributed by atoms with Gasteiger partial charge in [-0.3, -0.25) is 9.59 Å². The Balaban J connectivity index is 3.88. The van der Waals surface area contributed by atoms with Gasteiger partial charge in [0.05, 0.1) is 11.8 Å². The quantitative estimate of drug-likeness (QED) is 0.558. The van der Waals surface area contributed by atoms with Gasteiger partial charge in [-0.25, -0.2) is 0 Å². The SMILES string of the molecule is CNCC(C)(C)C(=O)NCCC(=O)O. The summed E-state index contributed by atoms with van der Waals surface area (Å²) in [7, 11) is 1.77. The molecular weight excluding hydrogens is 184 g/mol. The van der Waals surface area contributed by atoms with Gasteiger partial charge < -0.3 is 15.7 Å². The fraction of sp³-hybridized carbons (Fsp3) is 0.778. The van der Waals surface area contributed by atoms with Crippen LogP contribution in [-0.4, -0.2) is 37.1 Å². The van der Waals surface area contributed by atoms with Gasteiger partial charge in [0.1, 0.15) is 0 Å². The van der Waals surface area contributed by atoms with Crippen molar-refractivity contribution in [2.24, 2.45) is 5.41 Å². The van der Waals surface area contributed by atoms with Crippen LogP contribution in [0.1, 0.15) is 20.3 Å². The first kappa shape index (κ1) is 12.9. The first-order valence-electron chi connectivity index (χ1n) is 4.55. The molecule has 0 aromatic heterocycles. The molecule has 82 valence electrons. The lowest BCUT2D eigenvalue weighted by Crippen LogP contribution is -2.43. The predicted octanol–water partition coefficient (Wildman–Crippen LogP) is -0.177. The molecule has 5 nitrogen and oxygen atoms in total. The van der Waals surface area contributed by atoms with Crippen molar-refractivity contribution in [1.82, 2.24) is 10.6 Å². The molecule has 0 heterocycles. The fourth-order valence-corrected chi connectivity index (χ4v) is 1.04. The van der Waals surface area contributed by atoms with Gasteiger partial charge in [-0.2, -0.15) is 0 Å². The first-order chi connectivity index (χ1) is 6.40. The van der Waals surface area contributed by atoms with E-state index in [0.29, 0.717) is 6.54 Å². The van der Waals surface area contributed by atoms with Crippen molar-refractivity contribution in [2.45, 2.75) is 20.3 Å². The van der Waals surface area contributed by atoms with Gasteiger partial charge in [0.15, 0.2) is 0 Å². The number of carbonyl (C=O) groups excluding carboxylic acids is 1. The molecule has 0 bridgehead atoms. The van der Waals surface area contributed by atoms with Crippen LogP contribution in [0.3, 0.4) is 0 Å². The normalized spacial score (nSPS) is 11.1. The summed E-state index contributed by atoms with van der Waals surface area (Å²) in [5.74, 6) is -1.04. The lowest BCUT2D eigenvalue weighted by molar-refractivity contribution is -0.137. The van der Waals surface area contributed by atoms with Crippen LogP contribution >= 0.6 is 0 Å². The third kappa shape index (κ3) is 4.81. The maximum absolute atomic E-state index is 11.5. The number of carboxylic acids is 1. The van der Waals surface area contributed by atoms with Crippen LogP contribution in [0.5, 0.6) is 0 Å². The van der Waals surface area contributed by atoms with E-state index in [1.54, 1.807) is 20.9 Å². The number of carboxylic acid groups (broad SMARTS) is 1. The third-order valence-corrected chi connectivity index (χ3v) is 1.86. The van der Waals surface area contributed by atoms with E-state index in [2.05, 4.69) is 10.6 Å². The Hall–Kier alpha value is -1.10. The van der Waals surface area contributed by atoms with Crippen LogP contribution < -0.4 is 10.6 Å². The van der Waals surface area contributed by atoms with Gasteiger partial charge in [-0.15, -0.1) is 0 Å². The van der Waals surface area contributed by atoms with Gasteiger partial charge in [0, 0.05) is 13.1 Å². The zero-order chi connectivity index (χ0) is 11.2. The molecule has 0 atom stereocenters. The number of nitrogens with one attached hydrogen (secondary N) is 2. The minimum absolute atomic E-state index is 0.0403. The highest BCUT2D eigenvalue weighted by Crippen LogP contribution is 2.12. The topological polar surface area (TPSA) is 78.4 Å². The molecule has 0 aliphatic rings. The van der Waals surface area contributed by atoms with Gasteiger partial charge >= 0.3 is 5.97 Å². The van der Waals surface area contributed by atoms with E-state index in [1.807, 2.05) is 0 Å². The second-order valence-electron chi connectivity index (χ2n) is 3.81. The number of carbonyl (C=O) groups is 2. The Labute approximate surface area is 83.9 Å². The van der Waals surface area contributed by atoms with Crippen molar-refractivity contribution in [2.75, 3.05) is 20.1 Å². The Morgan fingerprint density at radius 3 is 2.36 bits per heavy atom. The molecular formula is C9H18N2O3. The minimum atomic E-state index is -0.906. The maximum Gasteiger partial charge on any atom is 0.305 e. The largest absolute Gasteiger partial charge is 0.481 e. The van der Waals surface area contributed by atoms with Crippen molar-refractivity contribution < 1.29 is 14.7 Å². The van der Waals surface area contributed by atoms with Gasteiger partial charge in [-0.1, -0.05) is 0 Å². The van der Waals surface area contributed by atoms with Crippen molar-refractivity contribution in [3.8, 4) is 0 Å². The summed E-state index contributed by atoms with van der Waals surface area (Å²) < 4.78 is 0. The minimum Gasteiger partial charge on any atom is -0.481 e. The van der Waals surface area contributed by atoms with E-state index in [9.17, 15) is 9.59 Å². The number of rotatable bonds is 6. The number of hydrogen-bond acceptors (Lipinski definition) is 3. The molecule has 0 radical (unpaired) electrons. The Bertz CT molecular complexity index is 214. The molecule has 0 saturated heterocycles. The number of amides is 1. The lowest BCUT2D eigenvalue weighted by atomic mass is 9.92. The molecule has 0 aromatic carbocycles. The molecule has 1 amide bonds. The highest BCUT2D eigenvalue weighted by molar-refractivity contribution is 5.82. The van der Waals surface area contributed by atoms with Crippen LogP contribution in [0, 0.1) is 5.41 Å². The van der Waals surface area contributed by atoms with Crippen LogP contribution in [0.2, 0.25) is 0 Å². The third-order valence-electron chi connectivity index (χ3n) is 1.86. The molecule has 0 aliphatic heterocycles. The zero-order valence-corrected chi connectivity index (χ0v) is 8.89. The molecule has 0 rings (SSSR count). The summed E-state index contributed by atoms with van der Waals surface area (Å²) in [6.45, 7) is 4.35. The van der Waals surface area contributed by atoms with Gasteiger partial charge in [-0.05, 0) is 20.9 Å². The van der Waals surface area contributed by atoms with Crippen LogP contribution in [-0.2, 0) is 9.59 Å². The highest BCUT2D eigenvalue weighted by Gasteiger charge is 2.26. The smallest absolute Gasteiger partial charge is 0.305 e. The molecule has 0 saturated carbocycles. The fourth-order valence-electron chi connectivity index (χ4n) is 1.04. The molecule has 3 N–H and O–H groups in total. The van der Waals surface area contributed by atoms with Gasteiger partial charge in [0.25, 0.3) is 0 Å². The maximum atomic E-state index is 11.5. The molecule has 0 unspecified atom stereocenters. The van der Waals surface area contributed by atoms with Crippen molar-refractivity contribution >= 4 is 11.9 Å². The highest BCUT2D eigenvalue weighted by atomic mass is 16.4. The Morgan fingerprint density at radius 2 is 1.93 bits per heavy atom. The summed E-state index contributed by atoms with van der Waals surface area (Å²) in [4.78, 5) is 21.7. The summed E-state index contributed by atoms with van der Waals surface area (Å²) in [5, 5.41) is 13.9. The van der Waals surface area contributed by atoms with Crippen LogP contribution in [0.4, 0.5) is 0 Å². The molecule has 0 aromatic rings. The summed E-state index contributed by atoms with van der Waals surface area (Å²) in [6, 6.07) is 0. The standard InChI is InChI=1S/C9H18N2O3/c1-9(2,6-10-3)8(14)11-5-4-7(12)13/h10H,4-6H2,1-3H3,(H,11,14)(H,12,13). The van der Waals surface area contributed by atoms with Crippen molar-refractivity contribution in [3.63, 3.8) is 0 Å².